The zero-order valence-electron chi connectivity index (χ0n) is 11.6. The maximum Gasteiger partial charge on any atom is 0.280 e. The molecule has 1 N–H and O–H groups in total. The highest BCUT2D eigenvalue weighted by Gasteiger charge is 2.18. The third-order valence-corrected chi connectivity index (χ3v) is 4.37. The van der Waals surface area contributed by atoms with E-state index in [0.717, 1.165) is 5.52 Å². The molecule has 21 heavy (non-hydrogen) atoms. The minimum Gasteiger partial charge on any atom is -0.334 e. The van der Waals surface area contributed by atoms with Gasteiger partial charge in [-0.1, -0.05) is 0 Å². The molecule has 0 aromatic carbocycles. The van der Waals surface area contributed by atoms with Crippen molar-refractivity contribution in [3.05, 3.63) is 43.1 Å². The van der Waals surface area contributed by atoms with Crippen LogP contribution < -0.4 is 4.72 Å². The number of hydrogen-bond acceptors (Lipinski definition) is 4. The Morgan fingerprint density at radius 3 is 2.81 bits per heavy atom. The van der Waals surface area contributed by atoms with Crippen molar-refractivity contribution in [2.75, 3.05) is 4.72 Å². The number of hydrogen-bond donors (Lipinski definition) is 1. The Morgan fingerprint density at radius 2 is 2.10 bits per heavy atom. The fraction of sp³-hybridized carbons (Fsp3) is 0.231. The first-order valence-corrected chi connectivity index (χ1v) is 7.94. The van der Waals surface area contributed by atoms with Crippen LogP contribution in [-0.4, -0.2) is 27.6 Å². The van der Waals surface area contributed by atoms with Gasteiger partial charge < -0.3 is 4.57 Å². The summed E-state index contributed by atoms with van der Waals surface area (Å²) < 4.78 is 30.5. The molecule has 0 aliphatic carbocycles. The Morgan fingerprint density at radius 1 is 1.29 bits per heavy atom. The number of imidazole rings is 1. The highest BCUT2D eigenvalue weighted by atomic mass is 32.2. The summed E-state index contributed by atoms with van der Waals surface area (Å²) in [5, 5.41) is 4.07. The van der Waals surface area contributed by atoms with Gasteiger partial charge in [0.1, 0.15) is 0 Å². The number of aromatic nitrogens is 4. The van der Waals surface area contributed by atoms with Crippen molar-refractivity contribution in [2.24, 2.45) is 0 Å². The van der Waals surface area contributed by atoms with Crippen molar-refractivity contribution in [3.63, 3.8) is 0 Å². The molecule has 0 saturated heterocycles. The predicted molar refractivity (Wildman–Crippen MR) is 78.6 cm³/mol. The van der Waals surface area contributed by atoms with E-state index >= 15 is 0 Å². The molecule has 0 atom stereocenters. The quantitative estimate of drug-likeness (QED) is 0.798. The van der Waals surface area contributed by atoms with Crippen LogP contribution in [0.5, 0.6) is 0 Å². The van der Waals surface area contributed by atoms with E-state index < -0.39 is 10.0 Å². The maximum atomic E-state index is 12.3. The molecule has 3 rings (SSSR count). The minimum absolute atomic E-state index is 0.00424. The molecule has 3 aromatic heterocycles. The predicted octanol–water partition coefficient (Wildman–Crippen LogP) is 1.91. The van der Waals surface area contributed by atoms with E-state index in [9.17, 15) is 8.42 Å². The molecule has 3 heterocycles. The van der Waals surface area contributed by atoms with E-state index in [2.05, 4.69) is 14.8 Å². The molecule has 110 valence electrons. The molecule has 8 heteroatoms. The van der Waals surface area contributed by atoms with Gasteiger partial charge in [0.05, 0.1) is 17.5 Å². The largest absolute Gasteiger partial charge is 0.334 e. The van der Waals surface area contributed by atoms with Crippen LogP contribution in [0, 0.1) is 0 Å². The van der Waals surface area contributed by atoms with Gasteiger partial charge in [-0.15, -0.1) is 0 Å². The number of nitrogens with one attached hydrogen (secondary N) is 1. The SMILES string of the molecule is CC(C)n1cnc(S(=O)(=O)Nc2ccn3nccc3c2)c1. The van der Waals surface area contributed by atoms with Crippen LogP contribution in [0.15, 0.2) is 48.1 Å². The molecule has 3 aromatic rings. The van der Waals surface area contributed by atoms with E-state index in [1.165, 1.54) is 12.5 Å². The van der Waals surface area contributed by atoms with E-state index in [1.54, 1.807) is 39.7 Å². The smallest absolute Gasteiger partial charge is 0.280 e. The Labute approximate surface area is 122 Å². The normalized spacial score (nSPS) is 12.1. The number of sulfonamides is 1. The van der Waals surface area contributed by atoms with Crippen LogP contribution in [0.3, 0.4) is 0 Å². The minimum atomic E-state index is -3.69. The van der Waals surface area contributed by atoms with Gasteiger partial charge in [-0.3, -0.25) is 4.72 Å². The first-order valence-electron chi connectivity index (χ1n) is 6.45. The summed E-state index contributed by atoms with van der Waals surface area (Å²) in [4.78, 5) is 3.95. The van der Waals surface area contributed by atoms with Crippen molar-refractivity contribution < 1.29 is 8.42 Å². The lowest BCUT2D eigenvalue weighted by Gasteiger charge is -2.07. The molecule has 0 bridgehead atoms. The Bertz CT molecular complexity index is 879. The van der Waals surface area contributed by atoms with Crippen molar-refractivity contribution in [2.45, 2.75) is 24.9 Å². The fourth-order valence-electron chi connectivity index (χ4n) is 1.93. The summed E-state index contributed by atoms with van der Waals surface area (Å²) in [5.41, 5.74) is 1.28. The number of fused-ring (bicyclic) bond motifs is 1. The second kappa shape index (κ2) is 4.88. The zero-order valence-corrected chi connectivity index (χ0v) is 12.4. The van der Waals surface area contributed by atoms with Crippen molar-refractivity contribution in [3.8, 4) is 0 Å². The first kappa shape index (κ1) is 13.6. The summed E-state index contributed by atoms with van der Waals surface area (Å²) >= 11 is 0. The summed E-state index contributed by atoms with van der Waals surface area (Å²) in [7, 11) is -3.69. The number of anilines is 1. The highest BCUT2D eigenvalue weighted by Crippen LogP contribution is 2.17. The topological polar surface area (TPSA) is 81.3 Å². The first-order chi connectivity index (χ1) is 9.95. The van der Waals surface area contributed by atoms with Gasteiger partial charge in [0, 0.05) is 24.6 Å². The van der Waals surface area contributed by atoms with Crippen molar-refractivity contribution in [1.82, 2.24) is 19.2 Å². The van der Waals surface area contributed by atoms with E-state index in [1.807, 2.05) is 13.8 Å². The summed E-state index contributed by atoms with van der Waals surface area (Å²) in [6, 6.07) is 5.32. The molecular formula is C13H15N5O2S. The highest BCUT2D eigenvalue weighted by molar-refractivity contribution is 7.92. The third kappa shape index (κ3) is 2.62. The molecular weight excluding hydrogens is 290 g/mol. The fourth-order valence-corrected chi connectivity index (χ4v) is 2.92. The van der Waals surface area contributed by atoms with E-state index in [0.29, 0.717) is 5.69 Å². The standard InChI is InChI=1S/C13H15N5O2S/c1-10(2)17-8-13(14-9-17)21(19,20)16-11-4-6-18-12(7-11)3-5-15-18/h3-10,16H,1-2H3. The van der Waals surface area contributed by atoms with Gasteiger partial charge in [-0.25, -0.2) is 9.50 Å². The van der Waals surface area contributed by atoms with Crippen molar-refractivity contribution >= 4 is 21.2 Å². The monoisotopic (exact) mass is 305 g/mol. The molecule has 0 amide bonds. The van der Waals surface area contributed by atoms with Crippen LogP contribution in [0.2, 0.25) is 0 Å². The maximum absolute atomic E-state index is 12.3. The van der Waals surface area contributed by atoms with Gasteiger partial charge in [-0.05, 0) is 32.0 Å². The number of rotatable bonds is 4. The Balaban J connectivity index is 1.90. The molecule has 7 nitrogen and oxygen atoms in total. The van der Waals surface area contributed by atoms with Crippen molar-refractivity contribution in [1.29, 1.82) is 0 Å². The summed E-state index contributed by atoms with van der Waals surface area (Å²) in [6.45, 7) is 3.91. The third-order valence-electron chi connectivity index (χ3n) is 3.10. The molecule has 0 unspecified atom stereocenters. The lowest BCUT2D eigenvalue weighted by atomic mass is 10.4. The second-order valence-corrected chi connectivity index (χ2v) is 6.60. The summed E-state index contributed by atoms with van der Waals surface area (Å²) in [6.07, 6.45) is 6.38. The second-order valence-electron chi connectivity index (χ2n) is 4.97. The molecule has 0 aliphatic rings. The van der Waals surface area contributed by atoms with Crippen LogP contribution >= 0.6 is 0 Å². The average Bonchev–Trinajstić information content (AvgIpc) is 3.07. The Hall–Kier alpha value is -2.35. The van der Waals surface area contributed by atoms with E-state index in [4.69, 9.17) is 0 Å². The molecule has 0 radical (unpaired) electrons. The van der Waals surface area contributed by atoms with Gasteiger partial charge in [-0.2, -0.15) is 13.5 Å². The summed E-state index contributed by atoms with van der Waals surface area (Å²) in [5.74, 6) is 0. The molecule has 0 aliphatic heterocycles. The van der Waals surface area contributed by atoms with Crippen LogP contribution in [0.4, 0.5) is 5.69 Å². The average molecular weight is 305 g/mol. The van der Waals surface area contributed by atoms with Crippen LogP contribution in [0.1, 0.15) is 19.9 Å². The van der Waals surface area contributed by atoms with Gasteiger partial charge in [0.25, 0.3) is 10.0 Å². The van der Waals surface area contributed by atoms with Crippen LogP contribution in [-0.2, 0) is 10.0 Å². The number of pyridine rings is 1. The van der Waals surface area contributed by atoms with Gasteiger partial charge in [0.2, 0.25) is 0 Å². The molecule has 0 fully saturated rings. The number of nitrogens with zero attached hydrogens (tertiary/aromatic N) is 4. The zero-order chi connectivity index (χ0) is 15.0. The lowest BCUT2D eigenvalue weighted by Crippen LogP contribution is -2.13. The Kier molecular flexibility index (Phi) is 3.17. The molecule has 0 saturated carbocycles. The van der Waals surface area contributed by atoms with Gasteiger partial charge in [0.15, 0.2) is 5.03 Å². The van der Waals surface area contributed by atoms with E-state index in [-0.39, 0.29) is 11.1 Å². The lowest BCUT2D eigenvalue weighted by molar-refractivity contribution is 0.591. The molecule has 0 spiro atoms. The van der Waals surface area contributed by atoms with Gasteiger partial charge >= 0.3 is 0 Å². The van der Waals surface area contributed by atoms with Crippen LogP contribution in [0.25, 0.3) is 5.52 Å².